The fraction of sp³-hybridized carbons (Fsp3) is 0.200. The van der Waals surface area contributed by atoms with Crippen molar-refractivity contribution in [3.63, 3.8) is 0 Å². The first-order valence-corrected chi connectivity index (χ1v) is 4.34. The van der Waals surface area contributed by atoms with Crippen molar-refractivity contribution in [2.75, 3.05) is 0 Å². The first kappa shape index (κ1) is 11.0. The van der Waals surface area contributed by atoms with Gasteiger partial charge < -0.3 is 10.2 Å². The minimum Gasteiger partial charge on any atom is -0.508 e. The molecule has 0 aromatic heterocycles. The number of phenolic OH excluding ortho intramolecular Hbond substituents is 2. The van der Waals surface area contributed by atoms with E-state index in [1.54, 1.807) is 6.92 Å². The van der Waals surface area contributed by atoms with Crippen LogP contribution in [0.3, 0.4) is 0 Å². The Bertz CT molecular complexity index is 413. The molecule has 0 spiro atoms. The highest BCUT2D eigenvalue weighted by atomic mass is 16.3. The van der Waals surface area contributed by atoms with Crippen molar-refractivity contribution in [2.45, 2.75) is 13.8 Å². The molecule has 1 aromatic carbocycles. The zero-order valence-electron chi connectivity index (χ0n) is 8.48. The van der Waals surface area contributed by atoms with Crippen molar-refractivity contribution < 1.29 is 15.0 Å². The minimum atomic E-state index is -0.297. The van der Waals surface area contributed by atoms with Gasteiger partial charge in [-0.2, -0.15) is 5.10 Å². The minimum absolute atomic E-state index is 0.000554. The fourth-order valence-corrected chi connectivity index (χ4v) is 1.04. The molecule has 0 heterocycles. The fourth-order valence-electron chi connectivity index (χ4n) is 1.04. The predicted molar refractivity (Wildman–Crippen MR) is 55.8 cm³/mol. The standard InChI is InChI=1S/C10H12N2O3/c1-6(11-12-7(2)13)9-5-8(14)3-4-10(9)15/h3-5,14-15H,1-2H3,(H,12,13). The van der Waals surface area contributed by atoms with E-state index in [1.807, 2.05) is 0 Å². The lowest BCUT2D eigenvalue weighted by Crippen LogP contribution is -2.15. The third kappa shape index (κ3) is 2.98. The maximum Gasteiger partial charge on any atom is 0.236 e. The highest BCUT2D eigenvalue weighted by Crippen LogP contribution is 2.22. The average Bonchev–Trinajstić information content (AvgIpc) is 2.18. The molecular formula is C10H12N2O3. The largest absolute Gasteiger partial charge is 0.508 e. The summed E-state index contributed by atoms with van der Waals surface area (Å²) in [4.78, 5) is 10.6. The molecular weight excluding hydrogens is 196 g/mol. The number of phenols is 2. The van der Waals surface area contributed by atoms with Gasteiger partial charge in [0.05, 0.1) is 5.71 Å². The summed E-state index contributed by atoms with van der Waals surface area (Å²) >= 11 is 0. The molecule has 0 atom stereocenters. The monoisotopic (exact) mass is 208 g/mol. The number of hydrogen-bond donors (Lipinski definition) is 3. The van der Waals surface area contributed by atoms with Gasteiger partial charge in [-0.15, -0.1) is 0 Å². The summed E-state index contributed by atoms with van der Waals surface area (Å²) in [6.45, 7) is 2.95. The third-order valence-electron chi connectivity index (χ3n) is 1.75. The second kappa shape index (κ2) is 4.45. The molecule has 1 rings (SSSR count). The van der Waals surface area contributed by atoms with Crippen molar-refractivity contribution in [1.82, 2.24) is 5.43 Å². The summed E-state index contributed by atoms with van der Waals surface area (Å²) in [5, 5.41) is 22.4. The number of amides is 1. The molecule has 5 heteroatoms. The van der Waals surface area contributed by atoms with Crippen LogP contribution in [-0.4, -0.2) is 21.8 Å². The normalized spacial score (nSPS) is 11.2. The zero-order chi connectivity index (χ0) is 11.4. The van der Waals surface area contributed by atoms with Crippen LogP contribution in [0.2, 0.25) is 0 Å². The lowest BCUT2D eigenvalue weighted by atomic mass is 10.1. The first-order valence-electron chi connectivity index (χ1n) is 4.34. The van der Waals surface area contributed by atoms with Gasteiger partial charge in [0.25, 0.3) is 0 Å². The summed E-state index contributed by atoms with van der Waals surface area (Å²) in [6.07, 6.45) is 0. The Hall–Kier alpha value is -2.04. The van der Waals surface area contributed by atoms with E-state index in [-0.39, 0.29) is 17.4 Å². The van der Waals surface area contributed by atoms with Crippen LogP contribution in [0.4, 0.5) is 0 Å². The van der Waals surface area contributed by atoms with Gasteiger partial charge in [0.2, 0.25) is 5.91 Å². The van der Waals surface area contributed by atoms with E-state index in [1.165, 1.54) is 25.1 Å². The molecule has 0 aliphatic rings. The molecule has 15 heavy (non-hydrogen) atoms. The van der Waals surface area contributed by atoms with Crippen LogP contribution >= 0.6 is 0 Å². The van der Waals surface area contributed by atoms with Crippen LogP contribution in [0.1, 0.15) is 19.4 Å². The SMILES string of the molecule is CC(=O)NN=C(C)c1cc(O)ccc1O. The summed E-state index contributed by atoms with van der Waals surface area (Å²) in [7, 11) is 0. The lowest BCUT2D eigenvalue weighted by molar-refractivity contribution is -0.118. The number of hydrazone groups is 1. The Morgan fingerprint density at radius 3 is 2.60 bits per heavy atom. The number of rotatable bonds is 2. The second-order valence-corrected chi connectivity index (χ2v) is 3.07. The van der Waals surface area contributed by atoms with Crippen molar-refractivity contribution >= 4 is 11.6 Å². The molecule has 3 N–H and O–H groups in total. The van der Waals surface area contributed by atoms with Crippen molar-refractivity contribution in [3.05, 3.63) is 23.8 Å². The van der Waals surface area contributed by atoms with Crippen LogP contribution in [0.15, 0.2) is 23.3 Å². The van der Waals surface area contributed by atoms with E-state index in [4.69, 9.17) is 0 Å². The van der Waals surface area contributed by atoms with Gasteiger partial charge in [0.1, 0.15) is 11.5 Å². The molecule has 0 bridgehead atoms. The Kier molecular flexibility index (Phi) is 3.28. The number of carbonyl (C=O) groups is 1. The summed E-state index contributed by atoms with van der Waals surface area (Å²) in [5.41, 5.74) is 3.04. The van der Waals surface area contributed by atoms with Gasteiger partial charge in [0, 0.05) is 12.5 Å². The molecule has 0 aliphatic carbocycles. The topological polar surface area (TPSA) is 81.9 Å². The Labute approximate surface area is 87.1 Å². The van der Waals surface area contributed by atoms with E-state index < -0.39 is 0 Å². The van der Waals surface area contributed by atoms with Gasteiger partial charge >= 0.3 is 0 Å². The van der Waals surface area contributed by atoms with Crippen LogP contribution in [0.25, 0.3) is 0 Å². The van der Waals surface area contributed by atoms with E-state index >= 15 is 0 Å². The number of aromatic hydroxyl groups is 2. The average molecular weight is 208 g/mol. The van der Waals surface area contributed by atoms with E-state index in [0.29, 0.717) is 11.3 Å². The Morgan fingerprint density at radius 2 is 2.00 bits per heavy atom. The van der Waals surface area contributed by atoms with E-state index in [0.717, 1.165) is 0 Å². The van der Waals surface area contributed by atoms with E-state index in [2.05, 4.69) is 10.5 Å². The molecule has 80 valence electrons. The van der Waals surface area contributed by atoms with Crippen LogP contribution in [0.5, 0.6) is 11.5 Å². The second-order valence-electron chi connectivity index (χ2n) is 3.07. The lowest BCUT2D eigenvalue weighted by Gasteiger charge is -2.04. The maximum atomic E-state index is 10.6. The molecule has 1 aromatic rings. The third-order valence-corrected chi connectivity index (χ3v) is 1.75. The highest BCUT2D eigenvalue weighted by Gasteiger charge is 2.05. The number of hydrogen-bond acceptors (Lipinski definition) is 4. The number of carbonyl (C=O) groups excluding carboxylic acids is 1. The van der Waals surface area contributed by atoms with Gasteiger partial charge in [-0.05, 0) is 25.1 Å². The number of nitrogens with zero attached hydrogens (tertiary/aromatic N) is 1. The van der Waals surface area contributed by atoms with Crippen molar-refractivity contribution in [2.24, 2.45) is 5.10 Å². The molecule has 1 amide bonds. The number of benzene rings is 1. The zero-order valence-corrected chi connectivity index (χ0v) is 8.48. The molecule has 0 radical (unpaired) electrons. The predicted octanol–water partition coefficient (Wildman–Crippen LogP) is 0.958. The van der Waals surface area contributed by atoms with Gasteiger partial charge in [-0.25, -0.2) is 5.43 Å². The first-order chi connectivity index (χ1) is 7.00. The Morgan fingerprint density at radius 1 is 1.33 bits per heavy atom. The molecule has 0 unspecified atom stereocenters. The van der Waals surface area contributed by atoms with E-state index in [9.17, 15) is 15.0 Å². The van der Waals surface area contributed by atoms with Crippen LogP contribution in [-0.2, 0) is 4.79 Å². The molecule has 0 fully saturated rings. The quantitative estimate of drug-likeness (QED) is 0.384. The van der Waals surface area contributed by atoms with Crippen LogP contribution < -0.4 is 5.43 Å². The van der Waals surface area contributed by atoms with Crippen molar-refractivity contribution in [1.29, 1.82) is 0 Å². The number of nitrogens with one attached hydrogen (secondary N) is 1. The maximum absolute atomic E-state index is 10.6. The van der Waals surface area contributed by atoms with Gasteiger partial charge in [-0.3, -0.25) is 4.79 Å². The molecule has 0 saturated heterocycles. The summed E-state index contributed by atoms with van der Waals surface area (Å²) < 4.78 is 0. The summed E-state index contributed by atoms with van der Waals surface area (Å²) in [6, 6.07) is 4.10. The van der Waals surface area contributed by atoms with Crippen LogP contribution in [0, 0.1) is 0 Å². The molecule has 5 nitrogen and oxygen atoms in total. The van der Waals surface area contributed by atoms with Gasteiger partial charge in [0.15, 0.2) is 0 Å². The molecule has 0 aliphatic heterocycles. The van der Waals surface area contributed by atoms with Crippen molar-refractivity contribution in [3.8, 4) is 11.5 Å². The van der Waals surface area contributed by atoms with Gasteiger partial charge in [-0.1, -0.05) is 0 Å². The summed E-state index contributed by atoms with van der Waals surface area (Å²) in [5.74, 6) is -0.270. The molecule has 0 saturated carbocycles. The Balaban J connectivity index is 2.99. The highest BCUT2D eigenvalue weighted by molar-refractivity contribution is 6.01. The smallest absolute Gasteiger partial charge is 0.236 e.